The van der Waals surface area contributed by atoms with E-state index in [1.54, 1.807) is 0 Å². The Hall–Kier alpha value is -1.12. The second-order valence-electron chi connectivity index (χ2n) is 2.81. The Kier molecular flexibility index (Phi) is 2.41. The summed E-state index contributed by atoms with van der Waals surface area (Å²) in [6.07, 6.45) is 4.61. The van der Waals surface area contributed by atoms with Crippen molar-refractivity contribution in [2.24, 2.45) is 0 Å². The van der Waals surface area contributed by atoms with Gasteiger partial charge in [0.05, 0.1) is 6.20 Å². The van der Waals surface area contributed by atoms with Gasteiger partial charge in [-0.1, -0.05) is 0 Å². The summed E-state index contributed by atoms with van der Waals surface area (Å²) in [4.78, 5) is 0. The fourth-order valence-electron chi connectivity index (χ4n) is 0.871. The second kappa shape index (κ2) is 3.32. The summed E-state index contributed by atoms with van der Waals surface area (Å²) in [5, 5.41) is 11.3. The van der Waals surface area contributed by atoms with Crippen molar-refractivity contribution in [1.29, 1.82) is 5.41 Å². The highest BCUT2D eigenvalue weighted by Gasteiger charge is 1.93. The lowest BCUT2D eigenvalue weighted by Gasteiger charge is -1.97. The second-order valence-corrected chi connectivity index (χ2v) is 2.81. The Bertz CT molecular complexity index is 250. The maximum Gasteiger partial charge on any atom is 0.0518 e. The summed E-state index contributed by atoms with van der Waals surface area (Å²) >= 11 is 0. The third kappa shape index (κ3) is 2.53. The van der Waals surface area contributed by atoms with E-state index < -0.39 is 0 Å². The van der Waals surface area contributed by atoms with Crippen molar-refractivity contribution in [3.8, 4) is 0 Å². The molecule has 0 radical (unpaired) electrons. The lowest BCUT2D eigenvalue weighted by atomic mass is 10.3. The molecule has 1 aromatic rings. The molecule has 11 heavy (non-hydrogen) atoms. The van der Waals surface area contributed by atoms with Gasteiger partial charge in [0, 0.05) is 24.9 Å². The minimum absolute atomic E-state index is 0.707. The Labute approximate surface area is 66.5 Å². The van der Waals surface area contributed by atoms with Gasteiger partial charge in [0.25, 0.3) is 0 Å². The van der Waals surface area contributed by atoms with E-state index in [0.717, 1.165) is 13.0 Å². The monoisotopic (exact) mass is 151 g/mol. The fraction of sp³-hybridized carbons (Fsp3) is 0.500. The maximum atomic E-state index is 7.21. The van der Waals surface area contributed by atoms with Crippen LogP contribution in [0.4, 0.5) is 0 Å². The van der Waals surface area contributed by atoms with Crippen molar-refractivity contribution >= 4 is 5.71 Å². The van der Waals surface area contributed by atoms with E-state index in [1.807, 2.05) is 30.9 Å². The normalized spacial score (nSPS) is 10.0. The third-order valence-electron chi connectivity index (χ3n) is 1.48. The molecule has 0 aliphatic rings. The first-order valence-electron chi connectivity index (χ1n) is 3.71. The van der Waals surface area contributed by atoms with Gasteiger partial charge in [0.1, 0.15) is 0 Å². The Morgan fingerprint density at radius 3 is 2.91 bits per heavy atom. The minimum Gasteiger partial charge on any atom is -0.310 e. The molecular weight excluding hydrogens is 138 g/mol. The summed E-state index contributed by atoms with van der Waals surface area (Å²) in [5.74, 6) is 0. The van der Waals surface area contributed by atoms with Crippen molar-refractivity contribution in [3.63, 3.8) is 0 Å². The lowest BCUT2D eigenvalue weighted by Crippen LogP contribution is -2.01. The number of hydrogen-bond donors (Lipinski definition) is 1. The van der Waals surface area contributed by atoms with E-state index in [2.05, 4.69) is 5.10 Å². The molecule has 0 amide bonds. The van der Waals surface area contributed by atoms with E-state index in [-0.39, 0.29) is 0 Å². The number of nitrogens with one attached hydrogen (secondary N) is 1. The first-order valence-corrected chi connectivity index (χ1v) is 3.71. The number of aryl methyl sites for hydroxylation is 2. The average molecular weight is 151 g/mol. The van der Waals surface area contributed by atoms with E-state index in [0.29, 0.717) is 5.71 Å². The summed E-state index contributed by atoms with van der Waals surface area (Å²) in [6.45, 7) is 4.65. The zero-order valence-corrected chi connectivity index (χ0v) is 6.96. The Balaban J connectivity index is 2.45. The maximum absolute atomic E-state index is 7.21. The molecular formula is C8H13N3. The predicted molar refractivity (Wildman–Crippen MR) is 45.0 cm³/mol. The van der Waals surface area contributed by atoms with Gasteiger partial charge in [-0.05, 0) is 19.4 Å². The van der Waals surface area contributed by atoms with Gasteiger partial charge in [-0.15, -0.1) is 0 Å². The third-order valence-corrected chi connectivity index (χ3v) is 1.48. The molecule has 0 aliphatic carbocycles. The zero-order chi connectivity index (χ0) is 8.27. The highest BCUT2D eigenvalue weighted by Crippen LogP contribution is 1.95. The highest BCUT2D eigenvalue weighted by atomic mass is 15.3. The summed E-state index contributed by atoms with van der Waals surface area (Å²) in [6, 6.07) is 0. The molecule has 3 nitrogen and oxygen atoms in total. The number of nitrogens with zero attached hydrogens (tertiary/aromatic N) is 2. The van der Waals surface area contributed by atoms with Crippen LogP contribution in [0, 0.1) is 12.3 Å². The van der Waals surface area contributed by atoms with Gasteiger partial charge in [0.2, 0.25) is 0 Å². The first kappa shape index (κ1) is 7.98. The van der Waals surface area contributed by atoms with E-state index in [9.17, 15) is 0 Å². The molecule has 1 aromatic heterocycles. The highest BCUT2D eigenvalue weighted by molar-refractivity contribution is 5.78. The SMILES string of the molecule is CC(=N)CCn1cc(C)cn1. The van der Waals surface area contributed by atoms with Crippen molar-refractivity contribution in [1.82, 2.24) is 9.78 Å². The molecule has 0 fully saturated rings. The van der Waals surface area contributed by atoms with E-state index in [1.165, 1.54) is 5.56 Å². The van der Waals surface area contributed by atoms with Crippen LogP contribution in [-0.2, 0) is 6.54 Å². The molecule has 1 rings (SSSR count). The van der Waals surface area contributed by atoms with Gasteiger partial charge in [-0.2, -0.15) is 5.10 Å². The van der Waals surface area contributed by atoms with E-state index in [4.69, 9.17) is 5.41 Å². The molecule has 60 valence electrons. The molecule has 0 aromatic carbocycles. The molecule has 1 heterocycles. The van der Waals surface area contributed by atoms with Crippen molar-refractivity contribution in [2.75, 3.05) is 0 Å². The molecule has 0 saturated carbocycles. The van der Waals surface area contributed by atoms with Gasteiger partial charge < -0.3 is 5.41 Å². The van der Waals surface area contributed by atoms with Crippen LogP contribution in [0.15, 0.2) is 12.4 Å². The quantitative estimate of drug-likeness (QED) is 0.655. The average Bonchev–Trinajstić information content (AvgIpc) is 2.31. The topological polar surface area (TPSA) is 41.7 Å². The molecule has 0 spiro atoms. The molecule has 0 bridgehead atoms. The summed E-state index contributed by atoms with van der Waals surface area (Å²) in [5.41, 5.74) is 1.88. The largest absolute Gasteiger partial charge is 0.310 e. The van der Waals surface area contributed by atoms with Crippen molar-refractivity contribution < 1.29 is 0 Å². The smallest absolute Gasteiger partial charge is 0.0518 e. The van der Waals surface area contributed by atoms with Crippen molar-refractivity contribution in [3.05, 3.63) is 18.0 Å². The lowest BCUT2D eigenvalue weighted by molar-refractivity contribution is 0.632. The molecule has 0 unspecified atom stereocenters. The standard InChI is InChI=1S/C8H13N3/c1-7-5-10-11(6-7)4-3-8(2)9/h5-6,9H,3-4H2,1-2H3. The van der Waals surface area contributed by atoms with Gasteiger partial charge in [-0.25, -0.2) is 0 Å². The van der Waals surface area contributed by atoms with Crippen LogP contribution >= 0.6 is 0 Å². The van der Waals surface area contributed by atoms with Crippen LogP contribution in [0.25, 0.3) is 0 Å². The van der Waals surface area contributed by atoms with Crippen LogP contribution in [-0.4, -0.2) is 15.5 Å². The van der Waals surface area contributed by atoms with Gasteiger partial charge >= 0.3 is 0 Å². The van der Waals surface area contributed by atoms with E-state index >= 15 is 0 Å². The molecule has 3 heteroatoms. The number of hydrogen-bond acceptors (Lipinski definition) is 2. The first-order chi connectivity index (χ1) is 5.18. The van der Waals surface area contributed by atoms with Crippen LogP contribution in [0.1, 0.15) is 18.9 Å². The number of rotatable bonds is 3. The van der Waals surface area contributed by atoms with Crippen molar-refractivity contribution in [2.45, 2.75) is 26.8 Å². The van der Waals surface area contributed by atoms with Crippen LogP contribution in [0.2, 0.25) is 0 Å². The molecule has 0 saturated heterocycles. The predicted octanol–water partition coefficient (Wildman–Crippen LogP) is 1.62. The molecule has 0 aliphatic heterocycles. The minimum atomic E-state index is 0.707. The van der Waals surface area contributed by atoms with Gasteiger partial charge in [0.15, 0.2) is 0 Å². The summed E-state index contributed by atoms with van der Waals surface area (Å²) in [7, 11) is 0. The summed E-state index contributed by atoms with van der Waals surface area (Å²) < 4.78 is 1.87. The van der Waals surface area contributed by atoms with Crippen LogP contribution in [0.3, 0.4) is 0 Å². The fourth-order valence-corrected chi connectivity index (χ4v) is 0.871. The van der Waals surface area contributed by atoms with Crippen LogP contribution in [0.5, 0.6) is 0 Å². The van der Waals surface area contributed by atoms with Crippen LogP contribution < -0.4 is 0 Å². The van der Waals surface area contributed by atoms with Gasteiger partial charge in [-0.3, -0.25) is 4.68 Å². The Morgan fingerprint density at radius 2 is 2.45 bits per heavy atom. The Morgan fingerprint density at radius 1 is 1.73 bits per heavy atom. The number of aromatic nitrogens is 2. The zero-order valence-electron chi connectivity index (χ0n) is 6.96. The molecule has 1 N–H and O–H groups in total. The molecule has 0 atom stereocenters.